The zero-order valence-electron chi connectivity index (χ0n) is 15.0. The van der Waals surface area contributed by atoms with Crippen LogP contribution < -0.4 is 4.74 Å². The molecular weight excluding hydrogens is 302 g/mol. The molecule has 0 bridgehead atoms. The molecule has 3 unspecified atom stereocenters. The number of benzene rings is 1. The number of carbonyl (C=O) groups is 1. The van der Waals surface area contributed by atoms with E-state index in [2.05, 4.69) is 7.05 Å². The van der Waals surface area contributed by atoms with Crippen molar-refractivity contribution in [3.05, 3.63) is 29.8 Å². The second kappa shape index (κ2) is 7.56. The van der Waals surface area contributed by atoms with Gasteiger partial charge in [0, 0.05) is 12.3 Å². The van der Waals surface area contributed by atoms with Gasteiger partial charge in [-0.05, 0) is 56.9 Å². The van der Waals surface area contributed by atoms with E-state index >= 15 is 0 Å². The topological polar surface area (TPSA) is 35.5 Å². The molecule has 1 aromatic rings. The minimum atomic E-state index is -0.214. The highest BCUT2D eigenvalue weighted by atomic mass is 16.5. The predicted molar refractivity (Wildman–Crippen MR) is 94.2 cm³/mol. The summed E-state index contributed by atoms with van der Waals surface area (Å²) in [6.07, 6.45) is 6.38. The number of esters is 1. The highest BCUT2D eigenvalue weighted by Crippen LogP contribution is 2.36. The minimum Gasteiger partial charge on any atom is -0.494 e. The number of quaternary nitrogens is 1. The molecule has 0 radical (unpaired) electrons. The molecule has 3 atom stereocenters. The Hall–Kier alpha value is -1.55. The number of fused-ring (bicyclic) bond motifs is 1. The van der Waals surface area contributed by atoms with Crippen LogP contribution in [0.15, 0.2) is 24.3 Å². The zero-order valence-corrected chi connectivity index (χ0v) is 15.0. The van der Waals surface area contributed by atoms with Gasteiger partial charge >= 0.3 is 5.97 Å². The molecule has 0 N–H and O–H groups in total. The number of hydrogen-bond acceptors (Lipinski definition) is 3. The molecule has 2 saturated heterocycles. The summed E-state index contributed by atoms with van der Waals surface area (Å²) >= 11 is 0. The Morgan fingerprint density at radius 2 is 1.88 bits per heavy atom. The van der Waals surface area contributed by atoms with Crippen LogP contribution >= 0.6 is 0 Å². The van der Waals surface area contributed by atoms with Crippen LogP contribution in [-0.2, 0) is 4.74 Å². The Labute approximate surface area is 145 Å². The van der Waals surface area contributed by atoms with Gasteiger partial charge in [0.1, 0.15) is 12.4 Å². The fraction of sp³-hybridized carbons (Fsp3) is 0.650. The van der Waals surface area contributed by atoms with E-state index < -0.39 is 0 Å². The normalized spacial score (nSPS) is 29.6. The first-order chi connectivity index (χ1) is 11.6. The van der Waals surface area contributed by atoms with Crippen molar-refractivity contribution < 1.29 is 18.8 Å². The summed E-state index contributed by atoms with van der Waals surface area (Å²) in [6.45, 7) is 5.71. The number of hydrogen-bond donors (Lipinski definition) is 0. The third-order valence-electron chi connectivity index (χ3n) is 5.84. The highest BCUT2D eigenvalue weighted by molar-refractivity contribution is 5.89. The first-order valence-corrected chi connectivity index (χ1v) is 9.36. The van der Waals surface area contributed by atoms with Gasteiger partial charge in [0.2, 0.25) is 0 Å². The summed E-state index contributed by atoms with van der Waals surface area (Å²) in [4.78, 5) is 12.3. The number of nitrogens with zero attached hydrogens (tertiary/aromatic N) is 1. The maximum absolute atomic E-state index is 12.3. The molecule has 132 valence electrons. The summed E-state index contributed by atoms with van der Waals surface area (Å²) in [5.41, 5.74) is 0.607. The molecule has 2 fully saturated rings. The van der Waals surface area contributed by atoms with Crippen LogP contribution in [0.3, 0.4) is 0 Å². The second-order valence-corrected chi connectivity index (χ2v) is 7.45. The van der Waals surface area contributed by atoms with Crippen LogP contribution in [0, 0.1) is 5.92 Å². The van der Waals surface area contributed by atoms with E-state index in [0.29, 0.717) is 30.7 Å². The van der Waals surface area contributed by atoms with Crippen LogP contribution in [0.4, 0.5) is 0 Å². The first kappa shape index (κ1) is 17.3. The van der Waals surface area contributed by atoms with Crippen molar-refractivity contribution in [2.45, 2.75) is 45.1 Å². The summed E-state index contributed by atoms with van der Waals surface area (Å²) < 4.78 is 12.3. The van der Waals surface area contributed by atoms with Crippen molar-refractivity contribution in [2.75, 3.05) is 33.4 Å². The lowest BCUT2D eigenvalue weighted by atomic mass is 9.82. The van der Waals surface area contributed by atoms with Crippen LogP contribution in [-0.4, -0.2) is 49.8 Å². The van der Waals surface area contributed by atoms with Gasteiger partial charge in [-0.1, -0.05) is 0 Å². The summed E-state index contributed by atoms with van der Waals surface area (Å²) in [5, 5.41) is 0. The van der Waals surface area contributed by atoms with E-state index in [1.807, 2.05) is 19.1 Å². The van der Waals surface area contributed by atoms with Gasteiger partial charge in [-0.2, -0.15) is 0 Å². The van der Waals surface area contributed by atoms with E-state index in [0.717, 1.165) is 5.75 Å². The first-order valence-electron chi connectivity index (χ1n) is 9.36. The monoisotopic (exact) mass is 332 g/mol. The molecule has 2 aliphatic rings. The minimum absolute atomic E-state index is 0.214. The highest BCUT2D eigenvalue weighted by Gasteiger charge is 2.43. The van der Waals surface area contributed by atoms with Crippen LogP contribution in [0.1, 0.15) is 49.4 Å². The standard InChI is InChI=1S/C20H30NO3/c1-3-23-18-11-9-16(10-12-18)20(22)24-15-17-7-6-14-21(2)13-5-4-8-19(17)21/h9-12,17,19H,3-8,13-15H2,1-2H3/q+1. The van der Waals surface area contributed by atoms with Gasteiger partial charge < -0.3 is 14.0 Å². The fourth-order valence-corrected chi connectivity index (χ4v) is 4.55. The molecule has 3 rings (SSSR count). The molecular formula is C20H30NO3+. The molecule has 2 heterocycles. The molecule has 0 aliphatic carbocycles. The zero-order chi connectivity index (χ0) is 17.0. The lowest BCUT2D eigenvalue weighted by Gasteiger charge is -2.51. The van der Waals surface area contributed by atoms with Gasteiger partial charge in [0.15, 0.2) is 0 Å². The summed E-state index contributed by atoms with van der Waals surface area (Å²) in [7, 11) is 2.39. The van der Waals surface area contributed by atoms with Crippen LogP contribution in [0.5, 0.6) is 5.75 Å². The van der Waals surface area contributed by atoms with E-state index in [-0.39, 0.29) is 5.97 Å². The number of carbonyl (C=O) groups excluding carboxylic acids is 1. The quantitative estimate of drug-likeness (QED) is 0.610. The summed E-state index contributed by atoms with van der Waals surface area (Å²) in [6, 6.07) is 7.90. The Morgan fingerprint density at radius 1 is 1.12 bits per heavy atom. The van der Waals surface area contributed by atoms with Crippen molar-refractivity contribution >= 4 is 5.97 Å². The van der Waals surface area contributed by atoms with Crippen molar-refractivity contribution in [1.82, 2.24) is 0 Å². The molecule has 4 heteroatoms. The number of rotatable bonds is 5. The average Bonchev–Trinajstić information content (AvgIpc) is 2.60. The van der Waals surface area contributed by atoms with Gasteiger partial charge in [-0.15, -0.1) is 0 Å². The molecule has 0 amide bonds. The van der Waals surface area contributed by atoms with Crippen molar-refractivity contribution in [2.24, 2.45) is 5.92 Å². The number of ether oxygens (including phenoxy) is 2. The van der Waals surface area contributed by atoms with Gasteiger partial charge in [-0.3, -0.25) is 0 Å². The molecule has 0 aromatic heterocycles. The van der Waals surface area contributed by atoms with E-state index in [9.17, 15) is 4.79 Å². The predicted octanol–water partition coefficient (Wildman–Crippen LogP) is 3.65. The van der Waals surface area contributed by atoms with E-state index in [1.165, 1.54) is 49.7 Å². The van der Waals surface area contributed by atoms with Gasteiger partial charge in [-0.25, -0.2) is 4.79 Å². The van der Waals surface area contributed by atoms with Crippen LogP contribution in [0.2, 0.25) is 0 Å². The maximum atomic E-state index is 12.3. The third kappa shape index (κ3) is 3.75. The largest absolute Gasteiger partial charge is 0.494 e. The van der Waals surface area contributed by atoms with Crippen LogP contribution in [0.25, 0.3) is 0 Å². The number of piperidine rings is 2. The summed E-state index contributed by atoms with van der Waals surface area (Å²) in [5.74, 6) is 1.08. The Morgan fingerprint density at radius 3 is 2.62 bits per heavy atom. The molecule has 0 saturated carbocycles. The smallest absolute Gasteiger partial charge is 0.338 e. The molecule has 4 nitrogen and oxygen atoms in total. The molecule has 2 aliphatic heterocycles. The lowest BCUT2D eigenvalue weighted by molar-refractivity contribution is -0.947. The molecule has 0 spiro atoms. The van der Waals surface area contributed by atoms with E-state index in [1.54, 1.807) is 12.1 Å². The maximum Gasteiger partial charge on any atom is 0.338 e. The SMILES string of the molecule is CCOc1ccc(C(=O)OCC2CCC[N+]3(C)CCCCC23)cc1. The lowest BCUT2D eigenvalue weighted by Crippen LogP contribution is -2.61. The third-order valence-corrected chi connectivity index (χ3v) is 5.84. The van der Waals surface area contributed by atoms with Gasteiger partial charge in [0.05, 0.1) is 38.3 Å². The second-order valence-electron chi connectivity index (χ2n) is 7.45. The van der Waals surface area contributed by atoms with Crippen molar-refractivity contribution in [1.29, 1.82) is 0 Å². The Bertz CT molecular complexity index is 553. The average molecular weight is 332 g/mol. The molecule has 24 heavy (non-hydrogen) atoms. The Balaban J connectivity index is 1.57. The Kier molecular flexibility index (Phi) is 5.44. The van der Waals surface area contributed by atoms with Gasteiger partial charge in [0.25, 0.3) is 0 Å². The van der Waals surface area contributed by atoms with Crippen molar-refractivity contribution in [3.8, 4) is 5.75 Å². The molecule has 1 aromatic carbocycles. The van der Waals surface area contributed by atoms with Crippen molar-refractivity contribution in [3.63, 3.8) is 0 Å². The van der Waals surface area contributed by atoms with E-state index in [4.69, 9.17) is 9.47 Å². The fourth-order valence-electron chi connectivity index (χ4n) is 4.55.